The summed E-state index contributed by atoms with van der Waals surface area (Å²) in [5, 5.41) is 0. The third kappa shape index (κ3) is 3.05. The molecular weight excluding hydrogens is 300 g/mol. The predicted octanol–water partition coefficient (Wildman–Crippen LogP) is 3.30. The van der Waals surface area contributed by atoms with Gasteiger partial charge < -0.3 is 9.47 Å². The first kappa shape index (κ1) is 14.7. The number of methoxy groups -OCH3 is 2. The molecule has 6 heteroatoms. The Labute approximate surface area is 122 Å². The van der Waals surface area contributed by atoms with Gasteiger partial charge in [-0.1, -0.05) is 12.1 Å². The molecule has 2 aromatic carbocycles. The van der Waals surface area contributed by atoms with E-state index in [1.807, 2.05) is 0 Å². The van der Waals surface area contributed by atoms with Gasteiger partial charge in [0.05, 0.1) is 19.1 Å². The van der Waals surface area contributed by atoms with Crippen LogP contribution in [0, 0.1) is 0 Å². The maximum Gasteiger partial charge on any atom is 0.261 e. The average Bonchev–Trinajstić information content (AvgIpc) is 2.45. The third-order valence-corrected chi connectivity index (χ3v) is 4.23. The minimum atomic E-state index is -3.84. The lowest BCUT2D eigenvalue weighted by Crippen LogP contribution is -1.96. The largest absolute Gasteiger partial charge is 0.497 e. The van der Waals surface area contributed by atoms with Crippen molar-refractivity contribution in [3.8, 4) is 22.6 Å². The van der Waals surface area contributed by atoms with Crippen molar-refractivity contribution in [1.29, 1.82) is 0 Å². The van der Waals surface area contributed by atoms with Crippen LogP contribution in [0.1, 0.15) is 0 Å². The number of hydrogen-bond acceptors (Lipinski definition) is 4. The summed E-state index contributed by atoms with van der Waals surface area (Å²) in [6.07, 6.45) is 0. The normalized spacial score (nSPS) is 11.2. The van der Waals surface area contributed by atoms with Crippen molar-refractivity contribution in [3.63, 3.8) is 0 Å². The van der Waals surface area contributed by atoms with E-state index >= 15 is 0 Å². The van der Waals surface area contributed by atoms with Gasteiger partial charge in [-0.3, -0.25) is 0 Å². The fraction of sp³-hybridized carbons (Fsp3) is 0.143. The molecule has 0 aliphatic carbocycles. The van der Waals surface area contributed by atoms with Crippen LogP contribution in [0.3, 0.4) is 0 Å². The number of ether oxygens (including phenoxy) is 2. The van der Waals surface area contributed by atoms with Crippen LogP contribution < -0.4 is 9.47 Å². The maximum absolute atomic E-state index is 11.6. The van der Waals surface area contributed by atoms with Crippen molar-refractivity contribution in [3.05, 3.63) is 42.5 Å². The van der Waals surface area contributed by atoms with Crippen LogP contribution in [0.15, 0.2) is 47.4 Å². The molecule has 0 unspecified atom stereocenters. The summed E-state index contributed by atoms with van der Waals surface area (Å²) in [6, 6.07) is 11.7. The topological polar surface area (TPSA) is 52.6 Å². The van der Waals surface area contributed by atoms with Gasteiger partial charge in [-0.15, -0.1) is 0 Å². The minimum absolute atomic E-state index is 0.0464. The fourth-order valence-corrected chi connectivity index (χ4v) is 2.92. The Balaban J connectivity index is 2.63. The van der Waals surface area contributed by atoms with Crippen LogP contribution in [-0.2, 0) is 9.05 Å². The third-order valence-electron chi connectivity index (χ3n) is 2.85. The highest BCUT2D eigenvalue weighted by atomic mass is 35.7. The van der Waals surface area contributed by atoms with Gasteiger partial charge in [0.2, 0.25) is 0 Å². The molecule has 0 fully saturated rings. The van der Waals surface area contributed by atoms with E-state index in [0.717, 1.165) is 0 Å². The Morgan fingerprint density at radius 2 is 1.45 bits per heavy atom. The van der Waals surface area contributed by atoms with Crippen LogP contribution in [-0.4, -0.2) is 22.6 Å². The highest BCUT2D eigenvalue weighted by molar-refractivity contribution is 8.13. The van der Waals surface area contributed by atoms with Crippen LogP contribution >= 0.6 is 10.7 Å². The molecule has 0 spiro atoms. The summed E-state index contributed by atoms with van der Waals surface area (Å²) < 4.78 is 33.5. The Morgan fingerprint density at radius 3 is 1.95 bits per heavy atom. The van der Waals surface area contributed by atoms with E-state index in [0.29, 0.717) is 22.6 Å². The Hall–Kier alpha value is -1.72. The summed E-state index contributed by atoms with van der Waals surface area (Å²) in [5.41, 5.74) is 1.20. The SMILES string of the molecule is COc1ccc(-c2cc(OC)ccc2S(=O)(=O)Cl)cc1. The second kappa shape index (κ2) is 5.73. The quantitative estimate of drug-likeness (QED) is 0.813. The molecule has 0 aromatic heterocycles. The summed E-state index contributed by atoms with van der Waals surface area (Å²) in [6.45, 7) is 0. The van der Waals surface area contributed by atoms with Crippen molar-refractivity contribution in [2.75, 3.05) is 14.2 Å². The lowest BCUT2D eigenvalue weighted by atomic mass is 10.1. The standard InChI is InChI=1S/C14H13ClO4S/c1-18-11-5-3-10(4-6-11)13-9-12(19-2)7-8-14(13)20(15,16)17/h3-9H,1-2H3. The van der Waals surface area contributed by atoms with Crippen molar-refractivity contribution < 1.29 is 17.9 Å². The average molecular weight is 313 g/mol. The molecule has 0 N–H and O–H groups in total. The molecule has 4 nitrogen and oxygen atoms in total. The molecule has 0 aliphatic rings. The minimum Gasteiger partial charge on any atom is -0.497 e. The second-order valence-corrected chi connectivity index (χ2v) is 6.56. The molecule has 0 heterocycles. The number of rotatable bonds is 4. The highest BCUT2D eigenvalue weighted by Crippen LogP contribution is 2.33. The zero-order valence-corrected chi connectivity index (χ0v) is 12.5. The predicted molar refractivity (Wildman–Crippen MR) is 78.0 cm³/mol. The van der Waals surface area contributed by atoms with Gasteiger partial charge in [0, 0.05) is 16.2 Å². The van der Waals surface area contributed by atoms with E-state index in [1.165, 1.54) is 13.2 Å². The van der Waals surface area contributed by atoms with Gasteiger partial charge in [0.15, 0.2) is 0 Å². The zero-order chi connectivity index (χ0) is 14.8. The fourth-order valence-electron chi connectivity index (χ4n) is 1.84. The van der Waals surface area contributed by atoms with Crippen LogP contribution in [0.2, 0.25) is 0 Å². The highest BCUT2D eigenvalue weighted by Gasteiger charge is 2.17. The lowest BCUT2D eigenvalue weighted by molar-refractivity contribution is 0.414. The van der Waals surface area contributed by atoms with Crippen molar-refractivity contribution in [1.82, 2.24) is 0 Å². The van der Waals surface area contributed by atoms with Crippen molar-refractivity contribution in [2.24, 2.45) is 0 Å². The molecule has 106 valence electrons. The van der Waals surface area contributed by atoms with Crippen LogP contribution in [0.25, 0.3) is 11.1 Å². The molecule has 0 radical (unpaired) electrons. The smallest absolute Gasteiger partial charge is 0.261 e. The molecule has 2 aromatic rings. The van der Waals surface area contributed by atoms with E-state index in [9.17, 15) is 8.42 Å². The summed E-state index contributed by atoms with van der Waals surface area (Å²) in [5.74, 6) is 1.24. The monoisotopic (exact) mass is 312 g/mol. The molecule has 0 aliphatic heterocycles. The maximum atomic E-state index is 11.6. The van der Waals surface area contributed by atoms with Gasteiger partial charge in [-0.05, 0) is 35.9 Å². The second-order valence-electron chi connectivity index (χ2n) is 4.03. The first-order valence-corrected chi connectivity index (χ1v) is 8.04. The number of hydrogen-bond donors (Lipinski definition) is 0. The van der Waals surface area contributed by atoms with Crippen LogP contribution in [0.5, 0.6) is 11.5 Å². The summed E-state index contributed by atoms with van der Waals surface area (Å²) in [4.78, 5) is 0.0464. The Morgan fingerprint density at radius 1 is 0.900 bits per heavy atom. The molecule has 0 atom stereocenters. The molecule has 2 rings (SSSR count). The molecule has 0 saturated heterocycles. The molecular formula is C14H13ClO4S. The van der Waals surface area contributed by atoms with Gasteiger partial charge >= 0.3 is 0 Å². The van der Waals surface area contributed by atoms with Gasteiger partial charge in [-0.25, -0.2) is 8.42 Å². The van der Waals surface area contributed by atoms with E-state index in [2.05, 4.69) is 0 Å². The summed E-state index contributed by atoms with van der Waals surface area (Å²) in [7, 11) is 4.72. The van der Waals surface area contributed by atoms with Gasteiger partial charge in [0.25, 0.3) is 9.05 Å². The number of benzene rings is 2. The van der Waals surface area contributed by atoms with E-state index in [-0.39, 0.29) is 4.90 Å². The first-order chi connectivity index (χ1) is 9.45. The van der Waals surface area contributed by atoms with E-state index in [4.69, 9.17) is 20.2 Å². The van der Waals surface area contributed by atoms with E-state index in [1.54, 1.807) is 43.5 Å². The van der Waals surface area contributed by atoms with E-state index < -0.39 is 9.05 Å². The van der Waals surface area contributed by atoms with Crippen molar-refractivity contribution >= 4 is 19.7 Å². The number of halogens is 1. The zero-order valence-electron chi connectivity index (χ0n) is 11.0. The molecule has 20 heavy (non-hydrogen) atoms. The van der Waals surface area contributed by atoms with Crippen LogP contribution in [0.4, 0.5) is 0 Å². The molecule has 0 saturated carbocycles. The lowest BCUT2D eigenvalue weighted by Gasteiger charge is -2.10. The molecule has 0 bridgehead atoms. The van der Waals surface area contributed by atoms with Gasteiger partial charge in [0.1, 0.15) is 11.5 Å². The van der Waals surface area contributed by atoms with Crippen molar-refractivity contribution in [2.45, 2.75) is 4.90 Å². The first-order valence-electron chi connectivity index (χ1n) is 5.73. The van der Waals surface area contributed by atoms with Gasteiger partial charge in [-0.2, -0.15) is 0 Å². The Kier molecular flexibility index (Phi) is 4.20. The summed E-state index contributed by atoms with van der Waals surface area (Å²) >= 11 is 0. The molecule has 0 amide bonds. The Bertz CT molecular complexity index is 708.